The Kier molecular flexibility index (Phi) is 4.34. The molecule has 0 N–H and O–H groups in total. The molecular formula is C15H16FNO2. The van der Waals surface area contributed by atoms with Crippen molar-refractivity contribution in [1.29, 1.82) is 0 Å². The van der Waals surface area contributed by atoms with Gasteiger partial charge >= 0.3 is 0 Å². The number of halogens is 1. The van der Waals surface area contributed by atoms with E-state index >= 15 is 0 Å². The van der Waals surface area contributed by atoms with Crippen molar-refractivity contribution in [3.8, 4) is 5.75 Å². The number of hydrogen-bond donors (Lipinski definition) is 0. The maximum absolute atomic E-state index is 13.0. The van der Waals surface area contributed by atoms with Crippen LogP contribution in [0.2, 0.25) is 0 Å². The van der Waals surface area contributed by atoms with Gasteiger partial charge in [-0.15, -0.1) is 0 Å². The van der Waals surface area contributed by atoms with E-state index in [9.17, 15) is 9.18 Å². The van der Waals surface area contributed by atoms with Crippen LogP contribution >= 0.6 is 0 Å². The predicted octanol–water partition coefficient (Wildman–Crippen LogP) is 2.76. The van der Waals surface area contributed by atoms with Crippen LogP contribution in [0, 0.1) is 12.7 Å². The van der Waals surface area contributed by atoms with Gasteiger partial charge in [0.2, 0.25) is 0 Å². The van der Waals surface area contributed by atoms with E-state index in [0.717, 1.165) is 11.3 Å². The molecule has 0 amide bonds. The van der Waals surface area contributed by atoms with Gasteiger partial charge in [0.25, 0.3) is 5.56 Å². The van der Waals surface area contributed by atoms with Crippen molar-refractivity contribution in [2.45, 2.75) is 19.9 Å². The fourth-order valence-corrected chi connectivity index (χ4v) is 1.81. The minimum atomic E-state index is -0.404. The summed E-state index contributed by atoms with van der Waals surface area (Å²) in [6, 6.07) is 10.2. The topological polar surface area (TPSA) is 31.2 Å². The van der Waals surface area contributed by atoms with Crippen molar-refractivity contribution >= 4 is 0 Å². The smallest absolute Gasteiger partial charge is 0.250 e. The van der Waals surface area contributed by atoms with E-state index in [-0.39, 0.29) is 5.56 Å². The second-order valence-corrected chi connectivity index (χ2v) is 4.40. The van der Waals surface area contributed by atoms with E-state index in [2.05, 4.69) is 0 Å². The molecule has 0 aliphatic carbocycles. The molecule has 0 fully saturated rings. The molecule has 2 aromatic rings. The van der Waals surface area contributed by atoms with Crippen molar-refractivity contribution in [2.24, 2.45) is 0 Å². The fraction of sp³-hybridized carbons (Fsp3) is 0.267. The summed E-state index contributed by atoms with van der Waals surface area (Å²) in [6.45, 7) is 2.94. The summed E-state index contributed by atoms with van der Waals surface area (Å²) in [7, 11) is 0. The molecule has 4 heteroatoms. The van der Waals surface area contributed by atoms with Crippen molar-refractivity contribution in [3.63, 3.8) is 0 Å². The normalized spacial score (nSPS) is 10.4. The first-order chi connectivity index (χ1) is 9.15. The monoisotopic (exact) mass is 261 g/mol. The van der Waals surface area contributed by atoms with Gasteiger partial charge in [0.1, 0.15) is 11.6 Å². The van der Waals surface area contributed by atoms with Crippen molar-refractivity contribution in [3.05, 3.63) is 64.3 Å². The maximum Gasteiger partial charge on any atom is 0.250 e. The van der Waals surface area contributed by atoms with E-state index in [1.807, 2.05) is 31.2 Å². The highest BCUT2D eigenvalue weighted by Gasteiger charge is 1.99. The van der Waals surface area contributed by atoms with Gasteiger partial charge in [0.15, 0.2) is 0 Å². The molecule has 100 valence electrons. The third kappa shape index (κ3) is 3.95. The summed E-state index contributed by atoms with van der Waals surface area (Å²) in [4.78, 5) is 11.4. The van der Waals surface area contributed by atoms with Crippen LogP contribution in [0.4, 0.5) is 4.39 Å². The molecule has 0 saturated heterocycles. The highest BCUT2D eigenvalue weighted by Crippen LogP contribution is 2.12. The highest BCUT2D eigenvalue weighted by molar-refractivity contribution is 5.27. The van der Waals surface area contributed by atoms with Crippen LogP contribution in [-0.2, 0) is 6.54 Å². The Balaban J connectivity index is 1.84. The molecule has 0 unspecified atom stereocenters. The molecule has 0 spiro atoms. The lowest BCUT2D eigenvalue weighted by molar-refractivity contribution is 0.300. The number of pyridine rings is 1. The zero-order valence-electron chi connectivity index (χ0n) is 10.8. The van der Waals surface area contributed by atoms with E-state index in [4.69, 9.17) is 4.74 Å². The van der Waals surface area contributed by atoms with Gasteiger partial charge in [-0.05, 0) is 37.1 Å². The van der Waals surface area contributed by atoms with Crippen LogP contribution in [0.1, 0.15) is 12.0 Å². The lowest BCUT2D eigenvalue weighted by atomic mass is 10.2. The minimum absolute atomic E-state index is 0.197. The SMILES string of the molecule is Cc1cccc(OCCCn2cc(F)ccc2=O)c1. The summed E-state index contributed by atoms with van der Waals surface area (Å²) in [5.41, 5.74) is 0.941. The van der Waals surface area contributed by atoms with Gasteiger partial charge < -0.3 is 9.30 Å². The van der Waals surface area contributed by atoms with E-state index in [1.54, 1.807) is 0 Å². The van der Waals surface area contributed by atoms with Crippen LogP contribution < -0.4 is 10.3 Å². The molecular weight excluding hydrogens is 245 g/mol. The predicted molar refractivity (Wildman–Crippen MR) is 72.0 cm³/mol. The average Bonchev–Trinajstić information content (AvgIpc) is 2.39. The summed E-state index contributed by atoms with van der Waals surface area (Å²) < 4.78 is 19.9. The molecule has 0 saturated carbocycles. The largest absolute Gasteiger partial charge is 0.494 e. The number of aryl methyl sites for hydroxylation is 2. The lowest BCUT2D eigenvalue weighted by Gasteiger charge is -2.08. The fourth-order valence-electron chi connectivity index (χ4n) is 1.81. The van der Waals surface area contributed by atoms with Gasteiger partial charge in [0, 0.05) is 18.8 Å². The summed E-state index contributed by atoms with van der Waals surface area (Å²) in [6.07, 6.45) is 1.87. The van der Waals surface area contributed by atoms with Gasteiger partial charge in [-0.25, -0.2) is 4.39 Å². The third-order valence-corrected chi connectivity index (χ3v) is 2.75. The number of ether oxygens (including phenoxy) is 1. The minimum Gasteiger partial charge on any atom is -0.494 e. The molecule has 1 heterocycles. The third-order valence-electron chi connectivity index (χ3n) is 2.75. The Bertz CT molecular complexity index is 607. The first kappa shape index (κ1) is 13.3. The molecule has 19 heavy (non-hydrogen) atoms. The van der Waals surface area contributed by atoms with Crippen molar-refractivity contribution < 1.29 is 9.13 Å². The zero-order chi connectivity index (χ0) is 13.7. The Morgan fingerprint density at radius 3 is 2.89 bits per heavy atom. The van der Waals surface area contributed by atoms with Gasteiger partial charge in [0.05, 0.1) is 6.61 Å². The maximum atomic E-state index is 13.0. The van der Waals surface area contributed by atoms with E-state index in [0.29, 0.717) is 19.6 Å². The van der Waals surface area contributed by atoms with Gasteiger partial charge in [-0.3, -0.25) is 4.79 Å². The zero-order valence-corrected chi connectivity index (χ0v) is 10.8. The summed E-state index contributed by atoms with van der Waals surface area (Å²) in [5, 5.41) is 0. The Hall–Kier alpha value is -2.10. The van der Waals surface area contributed by atoms with Crippen molar-refractivity contribution in [2.75, 3.05) is 6.61 Å². The number of aromatic nitrogens is 1. The number of hydrogen-bond acceptors (Lipinski definition) is 2. The molecule has 3 nitrogen and oxygen atoms in total. The van der Waals surface area contributed by atoms with Crippen LogP contribution in [0.3, 0.4) is 0 Å². The highest BCUT2D eigenvalue weighted by atomic mass is 19.1. The summed E-state index contributed by atoms with van der Waals surface area (Å²) in [5.74, 6) is 0.408. The number of rotatable bonds is 5. The Morgan fingerprint density at radius 1 is 1.26 bits per heavy atom. The van der Waals surface area contributed by atoms with Crippen LogP contribution in [0.5, 0.6) is 5.75 Å². The van der Waals surface area contributed by atoms with Crippen LogP contribution in [0.15, 0.2) is 47.4 Å². The van der Waals surface area contributed by atoms with E-state index < -0.39 is 5.82 Å². The molecule has 2 rings (SSSR count). The molecule has 0 aliphatic rings. The second kappa shape index (κ2) is 6.18. The first-order valence-electron chi connectivity index (χ1n) is 6.20. The quantitative estimate of drug-likeness (QED) is 0.775. The second-order valence-electron chi connectivity index (χ2n) is 4.40. The van der Waals surface area contributed by atoms with Gasteiger partial charge in [-0.2, -0.15) is 0 Å². The van der Waals surface area contributed by atoms with Crippen molar-refractivity contribution in [1.82, 2.24) is 4.57 Å². The molecule has 1 aromatic heterocycles. The average molecular weight is 261 g/mol. The Morgan fingerprint density at radius 2 is 2.11 bits per heavy atom. The standard InChI is InChI=1S/C15H16FNO2/c1-12-4-2-5-14(10-12)19-9-3-8-17-11-13(16)6-7-15(17)18/h2,4-7,10-11H,3,8-9H2,1H3. The summed E-state index contributed by atoms with van der Waals surface area (Å²) >= 11 is 0. The van der Waals surface area contributed by atoms with Crippen LogP contribution in [0.25, 0.3) is 0 Å². The van der Waals surface area contributed by atoms with Gasteiger partial charge in [-0.1, -0.05) is 12.1 Å². The molecule has 1 aromatic carbocycles. The van der Waals surface area contributed by atoms with E-state index in [1.165, 1.54) is 22.9 Å². The number of nitrogens with zero attached hydrogens (tertiary/aromatic N) is 1. The molecule has 0 radical (unpaired) electrons. The molecule has 0 bridgehead atoms. The first-order valence-corrected chi connectivity index (χ1v) is 6.20. The van der Waals surface area contributed by atoms with Crippen LogP contribution in [-0.4, -0.2) is 11.2 Å². The lowest BCUT2D eigenvalue weighted by Crippen LogP contribution is -2.20. The molecule has 0 aliphatic heterocycles. The number of benzene rings is 1. The Labute approximate surface area is 111 Å². The molecule has 0 atom stereocenters.